The van der Waals surface area contributed by atoms with E-state index in [2.05, 4.69) is 14.0 Å². The van der Waals surface area contributed by atoms with Gasteiger partial charge < -0.3 is 4.48 Å². The lowest BCUT2D eigenvalue weighted by Gasteiger charge is -2.36. The molecular formula is C9H16NO+. The summed E-state index contributed by atoms with van der Waals surface area (Å²) in [4.78, 5) is 10.3. The van der Waals surface area contributed by atoms with E-state index in [1.165, 1.54) is 6.54 Å². The standard InChI is InChI=1S/C9H16NO/c1-3-10(2)6-4-9(8-11)5-7-10/h3-7H2,1-2H3/q+1. The minimum Gasteiger partial charge on any atom is -0.326 e. The number of quaternary nitrogens is 1. The topological polar surface area (TPSA) is 17.1 Å². The molecule has 11 heavy (non-hydrogen) atoms. The van der Waals surface area contributed by atoms with Gasteiger partial charge >= 0.3 is 0 Å². The second-order valence-electron chi connectivity index (χ2n) is 3.59. The summed E-state index contributed by atoms with van der Waals surface area (Å²) in [6, 6.07) is 0. The quantitative estimate of drug-likeness (QED) is 0.407. The molecule has 1 fully saturated rings. The highest BCUT2D eigenvalue weighted by atomic mass is 16.1. The van der Waals surface area contributed by atoms with Crippen LogP contribution in [0.3, 0.4) is 0 Å². The zero-order valence-electron chi connectivity index (χ0n) is 7.39. The third kappa shape index (κ3) is 1.92. The molecule has 0 bridgehead atoms. The molecule has 0 N–H and O–H groups in total. The SMILES string of the molecule is CC[N+]1(C)CCC(=C=O)CC1. The third-order valence-electron chi connectivity index (χ3n) is 2.81. The Bertz CT molecular complexity index is 182. The van der Waals surface area contributed by atoms with Crippen LogP contribution in [0, 0.1) is 0 Å². The Kier molecular flexibility index (Phi) is 2.48. The fourth-order valence-electron chi connectivity index (χ4n) is 1.46. The Hall–Kier alpha value is -0.590. The Labute approximate surface area is 68.1 Å². The van der Waals surface area contributed by atoms with E-state index in [0.29, 0.717) is 0 Å². The lowest BCUT2D eigenvalue weighted by molar-refractivity contribution is -0.910. The molecule has 1 saturated heterocycles. The molecule has 1 heterocycles. The van der Waals surface area contributed by atoms with Crippen LogP contribution >= 0.6 is 0 Å². The summed E-state index contributed by atoms with van der Waals surface area (Å²) < 4.78 is 1.12. The molecule has 1 rings (SSSR count). The molecule has 0 atom stereocenters. The molecule has 0 saturated carbocycles. The first-order valence-corrected chi connectivity index (χ1v) is 4.26. The number of piperidine rings is 1. The highest BCUT2D eigenvalue weighted by Crippen LogP contribution is 2.18. The van der Waals surface area contributed by atoms with Crippen LogP contribution < -0.4 is 0 Å². The molecule has 0 unspecified atom stereocenters. The average molecular weight is 154 g/mol. The van der Waals surface area contributed by atoms with Crippen molar-refractivity contribution in [3.05, 3.63) is 5.57 Å². The number of likely N-dealkylation sites (tertiary alicyclic amines) is 1. The first kappa shape index (κ1) is 8.51. The maximum absolute atomic E-state index is 10.3. The van der Waals surface area contributed by atoms with Gasteiger partial charge in [-0.3, -0.25) is 0 Å². The number of hydrogen-bond donors (Lipinski definition) is 0. The van der Waals surface area contributed by atoms with Crippen molar-refractivity contribution in [2.75, 3.05) is 26.7 Å². The predicted octanol–water partition coefficient (Wildman–Crippen LogP) is 1.00. The molecule has 0 aromatic rings. The number of carbonyl (C=O) groups excluding carboxylic acids is 1. The smallest absolute Gasteiger partial charge is 0.123 e. The summed E-state index contributed by atoms with van der Waals surface area (Å²) in [6.07, 6.45) is 1.90. The molecule has 0 aromatic heterocycles. The summed E-state index contributed by atoms with van der Waals surface area (Å²) in [5.74, 6) is 2.02. The molecule has 2 heteroatoms. The van der Waals surface area contributed by atoms with Crippen LogP contribution in [0.25, 0.3) is 0 Å². The molecule has 2 nitrogen and oxygen atoms in total. The van der Waals surface area contributed by atoms with Gasteiger partial charge in [-0.15, -0.1) is 0 Å². The minimum atomic E-state index is 0.952. The number of hydrogen-bond acceptors (Lipinski definition) is 1. The highest BCUT2D eigenvalue weighted by molar-refractivity contribution is 5.52. The minimum absolute atomic E-state index is 0.952. The summed E-state index contributed by atoms with van der Waals surface area (Å²) >= 11 is 0. The van der Waals surface area contributed by atoms with Gasteiger partial charge in [0.25, 0.3) is 0 Å². The van der Waals surface area contributed by atoms with Crippen LogP contribution in [0.2, 0.25) is 0 Å². The molecule has 0 radical (unpaired) electrons. The molecule has 1 aliphatic heterocycles. The number of nitrogens with zero attached hydrogens (tertiary/aromatic N) is 1. The van der Waals surface area contributed by atoms with E-state index in [9.17, 15) is 4.79 Å². The van der Waals surface area contributed by atoms with Gasteiger partial charge in [-0.25, -0.2) is 4.79 Å². The van der Waals surface area contributed by atoms with Gasteiger partial charge in [0.1, 0.15) is 5.94 Å². The van der Waals surface area contributed by atoms with E-state index < -0.39 is 0 Å². The third-order valence-corrected chi connectivity index (χ3v) is 2.81. The lowest BCUT2D eigenvalue weighted by Crippen LogP contribution is -2.48. The van der Waals surface area contributed by atoms with Crippen molar-refractivity contribution in [2.45, 2.75) is 19.8 Å². The van der Waals surface area contributed by atoms with Crippen molar-refractivity contribution in [3.8, 4) is 0 Å². The van der Waals surface area contributed by atoms with Crippen molar-refractivity contribution >= 4 is 5.94 Å². The normalized spacial score (nSPS) is 31.6. The molecular weight excluding hydrogens is 138 g/mol. The van der Waals surface area contributed by atoms with Gasteiger partial charge in [0, 0.05) is 18.4 Å². The van der Waals surface area contributed by atoms with Crippen molar-refractivity contribution in [1.29, 1.82) is 0 Å². The fourth-order valence-corrected chi connectivity index (χ4v) is 1.46. The van der Waals surface area contributed by atoms with Crippen molar-refractivity contribution in [3.63, 3.8) is 0 Å². The van der Waals surface area contributed by atoms with Crippen LogP contribution in [0.1, 0.15) is 19.8 Å². The van der Waals surface area contributed by atoms with Crippen LogP contribution in [0.4, 0.5) is 0 Å². The van der Waals surface area contributed by atoms with Crippen molar-refractivity contribution in [2.24, 2.45) is 0 Å². The van der Waals surface area contributed by atoms with E-state index in [0.717, 1.165) is 36.0 Å². The second kappa shape index (κ2) is 3.21. The first-order valence-electron chi connectivity index (χ1n) is 4.26. The summed E-state index contributed by atoms with van der Waals surface area (Å²) in [7, 11) is 2.25. The molecule has 1 aliphatic rings. The van der Waals surface area contributed by atoms with Crippen molar-refractivity contribution in [1.82, 2.24) is 0 Å². The van der Waals surface area contributed by atoms with E-state index in [-0.39, 0.29) is 0 Å². The van der Waals surface area contributed by atoms with Crippen LogP contribution in [0.15, 0.2) is 5.57 Å². The molecule has 0 spiro atoms. The zero-order valence-corrected chi connectivity index (χ0v) is 7.39. The molecule has 0 amide bonds. The molecule has 0 aliphatic carbocycles. The fraction of sp³-hybridized carbons (Fsp3) is 0.778. The maximum Gasteiger partial charge on any atom is 0.123 e. The summed E-state index contributed by atoms with van der Waals surface area (Å²) in [6.45, 7) is 5.60. The van der Waals surface area contributed by atoms with Gasteiger partial charge in [0.15, 0.2) is 0 Å². The number of rotatable bonds is 1. The molecule has 62 valence electrons. The van der Waals surface area contributed by atoms with Gasteiger partial charge in [0.05, 0.1) is 26.7 Å². The van der Waals surface area contributed by atoms with Gasteiger partial charge in [-0.1, -0.05) is 0 Å². The van der Waals surface area contributed by atoms with Crippen LogP contribution in [-0.2, 0) is 4.79 Å². The second-order valence-corrected chi connectivity index (χ2v) is 3.59. The Morgan fingerprint density at radius 1 is 1.45 bits per heavy atom. The molecule has 0 aromatic carbocycles. The Morgan fingerprint density at radius 3 is 2.36 bits per heavy atom. The highest BCUT2D eigenvalue weighted by Gasteiger charge is 2.24. The monoisotopic (exact) mass is 154 g/mol. The van der Waals surface area contributed by atoms with Gasteiger partial charge in [-0.05, 0) is 6.92 Å². The first-order chi connectivity index (χ1) is 5.20. The summed E-state index contributed by atoms with van der Waals surface area (Å²) in [5.41, 5.74) is 0.981. The van der Waals surface area contributed by atoms with E-state index >= 15 is 0 Å². The zero-order chi connectivity index (χ0) is 8.32. The van der Waals surface area contributed by atoms with E-state index in [1.807, 2.05) is 5.94 Å². The van der Waals surface area contributed by atoms with Gasteiger partial charge in [-0.2, -0.15) is 0 Å². The van der Waals surface area contributed by atoms with Crippen LogP contribution in [0.5, 0.6) is 0 Å². The Balaban J connectivity index is 2.54. The Morgan fingerprint density at radius 2 is 2.00 bits per heavy atom. The van der Waals surface area contributed by atoms with Gasteiger partial charge in [0.2, 0.25) is 0 Å². The average Bonchev–Trinajstić information content (AvgIpc) is 2.06. The predicted molar refractivity (Wildman–Crippen MR) is 44.9 cm³/mol. The van der Waals surface area contributed by atoms with E-state index in [4.69, 9.17) is 0 Å². The summed E-state index contributed by atoms with van der Waals surface area (Å²) in [5, 5.41) is 0. The largest absolute Gasteiger partial charge is 0.326 e. The lowest BCUT2D eigenvalue weighted by atomic mass is 10.0. The van der Waals surface area contributed by atoms with Crippen molar-refractivity contribution < 1.29 is 9.28 Å². The maximum atomic E-state index is 10.3. The van der Waals surface area contributed by atoms with E-state index in [1.54, 1.807) is 0 Å². The van der Waals surface area contributed by atoms with Crippen LogP contribution in [-0.4, -0.2) is 37.1 Å².